The molecule has 0 aliphatic heterocycles. The van der Waals surface area contributed by atoms with Crippen LogP contribution in [0.15, 0.2) is 18.2 Å². The van der Waals surface area contributed by atoms with Crippen molar-refractivity contribution in [3.05, 3.63) is 45.2 Å². The number of aromatic nitrogens is 1. The van der Waals surface area contributed by atoms with Gasteiger partial charge in [-0.25, -0.2) is 9.37 Å². The van der Waals surface area contributed by atoms with Crippen LogP contribution in [0.3, 0.4) is 0 Å². The molecule has 2 N–H and O–H groups in total. The fourth-order valence-corrected chi connectivity index (χ4v) is 3.55. The number of nitrogens with zero attached hydrogens (tertiary/aromatic N) is 1. The van der Waals surface area contributed by atoms with Gasteiger partial charge in [0, 0.05) is 10.8 Å². The number of hydrogen-bond acceptors (Lipinski definition) is 3. The quantitative estimate of drug-likeness (QED) is 0.858. The maximum absolute atomic E-state index is 14.0. The average Bonchev–Trinajstić information content (AvgIpc) is 2.81. The summed E-state index contributed by atoms with van der Waals surface area (Å²) in [7, 11) is 0. The second-order valence-electron chi connectivity index (χ2n) is 4.10. The molecule has 0 saturated heterocycles. The van der Waals surface area contributed by atoms with Crippen LogP contribution in [0.25, 0.3) is 0 Å². The lowest BCUT2D eigenvalue weighted by Crippen LogP contribution is -1.98. The first-order valence-corrected chi connectivity index (χ1v) is 6.55. The Balaban J connectivity index is 2.09. The van der Waals surface area contributed by atoms with Crippen LogP contribution in [0.5, 0.6) is 0 Å². The highest BCUT2D eigenvalue weighted by molar-refractivity contribution is 7.15. The summed E-state index contributed by atoms with van der Waals surface area (Å²) >= 11 is 7.26. The van der Waals surface area contributed by atoms with Gasteiger partial charge in [-0.3, -0.25) is 0 Å². The minimum atomic E-state index is -0.320. The minimum Gasteiger partial charge on any atom is -0.375 e. The summed E-state index contributed by atoms with van der Waals surface area (Å²) in [5.41, 5.74) is 7.35. The van der Waals surface area contributed by atoms with E-state index in [9.17, 15) is 4.39 Å². The molecule has 1 atom stereocenters. The van der Waals surface area contributed by atoms with Gasteiger partial charge in [-0.05, 0) is 24.5 Å². The summed E-state index contributed by atoms with van der Waals surface area (Å²) in [6.07, 6.45) is 1.74. The first-order chi connectivity index (χ1) is 8.16. The molecule has 1 heterocycles. The lowest BCUT2D eigenvalue weighted by molar-refractivity contribution is 0.596. The molecule has 0 saturated carbocycles. The Bertz CT molecular complexity index is 582. The molecular weight excluding hydrogens is 259 g/mol. The van der Waals surface area contributed by atoms with Crippen molar-refractivity contribution in [1.29, 1.82) is 0 Å². The van der Waals surface area contributed by atoms with E-state index in [1.807, 2.05) is 0 Å². The Morgan fingerprint density at radius 2 is 2.29 bits per heavy atom. The van der Waals surface area contributed by atoms with E-state index in [1.165, 1.54) is 11.3 Å². The second-order valence-corrected chi connectivity index (χ2v) is 5.57. The number of nitrogen functional groups attached to an aromatic ring is 1. The maximum Gasteiger partial charge on any atom is 0.180 e. The summed E-state index contributed by atoms with van der Waals surface area (Å²) < 4.78 is 14.0. The fourth-order valence-electron chi connectivity index (χ4n) is 2.33. The van der Waals surface area contributed by atoms with Crippen molar-refractivity contribution in [3.63, 3.8) is 0 Å². The fraction of sp³-hybridized carbons (Fsp3) is 0.250. The highest BCUT2D eigenvalue weighted by atomic mass is 35.5. The second kappa shape index (κ2) is 3.96. The van der Waals surface area contributed by atoms with Gasteiger partial charge in [0.25, 0.3) is 0 Å². The third-order valence-corrected chi connectivity index (χ3v) is 4.42. The molecule has 0 bridgehead atoms. The maximum atomic E-state index is 14.0. The van der Waals surface area contributed by atoms with Crippen molar-refractivity contribution >= 4 is 28.1 Å². The zero-order valence-corrected chi connectivity index (χ0v) is 10.5. The first-order valence-electron chi connectivity index (χ1n) is 5.36. The Morgan fingerprint density at radius 3 is 3.12 bits per heavy atom. The monoisotopic (exact) mass is 268 g/mol. The van der Waals surface area contributed by atoms with Crippen LogP contribution in [-0.4, -0.2) is 4.98 Å². The van der Waals surface area contributed by atoms with Crippen molar-refractivity contribution in [3.8, 4) is 0 Å². The molecule has 0 amide bonds. The van der Waals surface area contributed by atoms with E-state index in [1.54, 1.807) is 18.2 Å². The van der Waals surface area contributed by atoms with E-state index in [0.717, 1.165) is 23.4 Å². The zero-order chi connectivity index (χ0) is 12.0. The van der Waals surface area contributed by atoms with Gasteiger partial charge in [-0.1, -0.05) is 23.7 Å². The van der Waals surface area contributed by atoms with Crippen LogP contribution in [0, 0.1) is 5.82 Å². The van der Waals surface area contributed by atoms with Crippen molar-refractivity contribution in [2.24, 2.45) is 0 Å². The Morgan fingerprint density at radius 1 is 1.47 bits per heavy atom. The van der Waals surface area contributed by atoms with Crippen LogP contribution in [-0.2, 0) is 6.42 Å². The van der Waals surface area contributed by atoms with Crippen molar-refractivity contribution in [2.45, 2.75) is 18.8 Å². The largest absolute Gasteiger partial charge is 0.375 e. The third-order valence-electron chi connectivity index (χ3n) is 3.09. The molecular formula is C12H10ClFN2S. The lowest BCUT2D eigenvalue weighted by Gasteiger charge is -2.11. The molecule has 2 nitrogen and oxygen atoms in total. The molecule has 1 aliphatic rings. The number of benzene rings is 1. The normalized spacial score (nSPS) is 18.4. The van der Waals surface area contributed by atoms with Gasteiger partial charge >= 0.3 is 0 Å². The van der Waals surface area contributed by atoms with Gasteiger partial charge < -0.3 is 5.73 Å². The predicted molar refractivity (Wildman–Crippen MR) is 68.1 cm³/mol. The number of halogens is 2. The molecule has 1 aromatic carbocycles. The number of anilines is 1. The van der Waals surface area contributed by atoms with Gasteiger partial charge in [-0.2, -0.15) is 0 Å². The summed E-state index contributed by atoms with van der Waals surface area (Å²) in [4.78, 5) is 5.35. The van der Waals surface area contributed by atoms with E-state index in [2.05, 4.69) is 4.98 Å². The third kappa shape index (κ3) is 1.72. The van der Waals surface area contributed by atoms with Gasteiger partial charge in [-0.15, -0.1) is 11.3 Å². The molecule has 1 aromatic heterocycles. The number of fused-ring (bicyclic) bond motifs is 1. The Hall–Kier alpha value is -1.13. The van der Waals surface area contributed by atoms with E-state index >= 15 is 0 Å². The standard InChI is InChI=1S/C12H10ClFN2S/c13-8-3-1-2-6(10(8)14)7-4-5-9-11(7)17-12(15)16-9/h1-3,7H,4-5H2,(H2,15,16). The Kier molecular flexibility index (Phi) is 2.56. The molecule has 0 radical (unpaired) electrons. The van der Waals surface area contributed by atoms with Crippen molar-refractivity contribution in [1.82, 2.24) is 4.98 Å². The summed E-state index contributed by atoms with van der Waals surface area (Å²) in [6, 6.07) is 5.14. The van der Waals surface area contributed by atoms with E-state index in [0.29, 0.717) is 10.7 Å². The SMILES string of the molecule is Nc1nc2c(s1)C(c1cccc(Cl)c1F)CC2. The smallest absolute Gasteiger partial charge is 0.180 e. The summed E-state index contributed by atoms with van der Waals surface area (Å²) in [5, 5.41) is 0.732. The number of nitrogens with two attached hydrogens (primary N) is 1. The molecule has 1 aliphatic carbocycles. The van der Waals surface area contributed by atoms with Crippen LogP contribution in [0.1, 0.15) is 28.5 Å². The van der Waals surface area contributed by atoms with Crippen LogP contribution >= 0.6 is 22.9 Å². The van der Waals surface area contributed by atoms with Crippen LogP contribution < -0.4 is 5.73 Å². The molecule has 2 aromatic rings. The summed E-state index contributed by atoms with van der Waals surface area (Å²) in [5.74, 6) is -0.266. The molecule has 5 heteroatoms. The van der Waals surface area contributed by atoms with Crippen LogP contribution in [0.4, 0.5) is 9.52 Å². The van der Waals surface area contributed by atoms with Crippen molar-refractivity contribution in [2.75, 3.05) is 5.73 Å². The van der Waals surface area contributed by atoms with Gasteiger partial charge in [0.05, 0.1) is 10.7 Å². The summed E-state index contributed by atoms with van der Waals surface area (Å²) in [6.45, 7) is 0. The molecule has 3 rings (SSSR count). The van der Waals surface area contributed by atoms with Gasteiger partial charge in [0.15, 0.2) is 5.13 Å². The number of rotatable bonds is 1. The predicted octanol–water partition coefficient (Wildman–Crippen LogP) is 3.60. The highest BCUT2D eigenvalue weighted by Crippen LogP contribution is 2.43. The van der Waals surface area contributed by atoms with Crippen LogP contribution in [0.2, 0.25) is 5.02 Å². The topological polar surface area (TPSA) is 38.9 Å². The zero-order valence-electron chi connectivity index (χ0n) is 8.91. The van der Waals surface area contributed by atoms with E-state index in [-0.39, 0.29) is 16.8 Å². The number of thiazole rings is 1. The van der Waals surface area contributed by atoms with Crippen molar-refractivity contribution < 1.29 is 4.39 Å². The number of aryl methyl sites for hydroxylation is 1. The van der Waals surface area contributed by atoms with E-state index in [4.69, 9.17) is 17.3 Å². The van der Waals surface area contributed by atoms with E-state index < -0.39 is 0 Å². The molecule has 1 unspecified atom stereocenters. The lowest BCUT2D eigenvalue weighted by atomic mass is 9.98. The van der Waals surface area contributed by atoms with Gasteiger partial charge in [0.1, 0.15) is 5.82 Å². The Labute approximate surface area is 107 Å². The molecule has 17 heavy (non-hydrogen) atoms. The minimum absolute atomic E-state index is 0.0542. The molecule has 0 fully saturated rings. The highest BCUT2D eigenvalue weighted by Gasteiger charge is 2.30. The first kappa shape index (κ1) is 11.0. The molecule has 88 valence electrons. The molecule has 0 spiro atoms. The van der Waals surface area contributed by atoms with Gasteiger partial charge in [0.2, 0.25) is 0 Å². The number of hydrogen-bond donors (Lipinski definition) is 1. The average molecular weight is 269 g/mol.